The van der Waals surface area contributed by atoms with E-state index in [-0.39, 0.29) is 29.5 Å². The molecule has 1 saturated carbocycles. The van der Waals surface area contributed by atoms with Crippen molar-refractivity contribution in [1.29, 1.82) is 0 Å². The number of hydrogen-bond donors (Lipinski definition) is 1. The maximum absolute atomic E-state index is 14.0. The van der Waals surface area contributed by atoms with Gasteiger partial charge in [-0.05, 0) is 91.6 Å². The molecule has 0 unspecified atom stereocenters. The van der Waals surface area contributed by atoms with E-state index in [1.807, 2.05) is 31.2 Å². The Hall–Kier alpha value is -3.41. The number of aryl methyl sites for hydroxylation is 1. The van der Waals surface area contributed by atoms with E-state index in [4.69, 9.17) is 0 Å². The summed E-state index contributed by atoms with van der Waals surface area (Å²) in [4.78, 5) is 12.5. The average Bonchev–Trinajstić information content (AvgIpc) is 3.54. The van der Waals surface area contributed by atoms with E-state index >= 15 is 0 Å². The highest BCUT2D eigenvalue weighted by atomic mass is 19.1. The summed E-state index contributed by atoms with van der Waals surface area (Å²) in [6.07, 6.45) is 10.2. The Labute approximate surface area is 192 Å². The van der Waals surface area contributed by atoms with Gasteiger partial charge in [-0.25, -0.2) is 8.78 Å². The van der Waals surface area contributed by atoms with Crippen LogP contribution in [0.5, 0.6) is 0 Å². The second kappa shape index (κ2) is 10.0. The lowest BCUT2D eigenvalue weighted by Crippen LogP contribution is -2.31. The predicted molar refractivity (Wildman–Crippen MR) is 123 cm³/mol. The van der Waals surface area contributed by atoms with Gasteiger partial charge in [-0.1, -0.05) is 30.3 Å². The van der Waals surface area contributed by atoms with Crippen LogP contribution in [0, 0.1) is 17.6 Å². The summed E-state index contributed by atoms with van der Waals surface area (Å²) in [5, 5.41) is 10.6. The third-order valence-electron chi connectivity index (χ3n) is 6.31. The SMILES string of the molecule is C[C@@H](CCCc1ccnnc1)NC(=O)C=C[C@H]1CC1(c1cccc(F)c1)c1cccc(F)c1. The van der Waals surface area contributed by atoms with E-state index in [1.54, 1.807) is 30.6 Å². The predicted octanol–water partition coefficient (Wildman–Crippen LogP) is 5.14. The molecule has 1 heterocycles. The standard InChI is InChI=1S/C27H27F2N3O/c1-19(5-2-6-20-13-14-30-31-18-20)32-26(33)12-11-23-17-27(23,21-7-3-9-24(28)15-21)22-8-4-10-25(29)16-22/h3-4,7-16,18-19,23H,2,5-6,17H2,1H3,(H,32,33)/t19-,23-/m0/s1. The molecule has 0 bridgehead atoms. The molecule has 3 aromatic rings. The zero-order valence-corrected chi connectivity index (χ0v) is 18.5. The Morgan fingerprint density at radius 3 is 2.42 bits per heavy atom. The molecule has 33 heavy (non-hydrogen) atoms. The summed E-state index contributed by atoms with van der Waals surface area (Å²) in [6.45, 7) is 1.98. The molecule has 1 amide bonds. The van der Waals surface area contributed by atoms with Crippen LogP contribution in [0.25, 0.3) is 0 Å². The summed E-state index contributed by atoms with van der Waals surface area (Å²) in [6, 6.07) is 14.8. The number of rotatable bonds is 9. The third kappa shape index (κ3) is 5.51. The first kappa shape index (κ1) is 22.8. The van der Waals surface area contributed by atoms with Gasteiger partial charge in [0.2, 0.25) is 5.91 Å². The minimum atomic E-state index is -0.523. The molecule has 0 saturated heterocycles. The van der Waals surface area contributed by atoms with Crippen molar-refractivity contribution >= 4 is 5.91 Å². The molecule has 2 atom stereocenters. The van der Waals surface area contributed by atoms with E-state index < -0.39 is 5.41 Å². The second-order valence-electron chi connectivity index (χ2n) is 8.71. The lowest BCUT2D eigenvalue weighted by Gasteiger charge is -2.18. The number of nitrogens with one attached hydrogen (secondary N) is 1. The zero-order valence-electron chi connectivity index (χ0n) is 18.5. The summed E-state index contributed by atoms with van der Waals surface area (Å²) >= 11 is 0. The monoisotopic (exact) mass is 447 g/mol. The first-order valence-electron chi connectivity index (χ1n) is 11.2. The Morgan fingerprint density at radius 1 is 1.12 bits per heavy atom. The van der Waals surface area contributed by atoms with Crippen LogP contribution in [0.15, 0.2) is 79.1 Å². The van der Waals surface area contributed by atoms with Crippen molar-refractivity contribution in [2.75, 3.05) is 0 Å². The zero-order chi connectivity index (χ0) is 23.3. The lowest BCUT2D eigenvalue weighted by molar-refractivity contribution is -0.117. The topological polar surface area (TPSA) is 54.9 Å². The first-order valence-corrected chi connectivity index (χ1v) is 11.2. The largest absolute Gasteiger partial charge is 0.350 e. The van der Waals surface area contributed by atoms with Crippen LogP contribution in [-0.4, -0.2) is 22.1 Å². The minimum absolute atomic E-state index is 0.0126. The number of nitrogens with zero attached hydrogens (tertiary/aromatic N) is 2. The molecule has 0 spiro atoms. The maximum Gasteiger partial charge on any atom is 0.243 e. The van der Waals surface area contributed by atoms with E-state index in [9.17, 15) is 13.6 Å². The van der Waals surface area contributed by atoms with Gasteiger partial charge < -0.3 is 5.32 Å². The van der Waals surface area contributed by atoms with Gasteiger partial charge in [0.15, 0.2) is 0 Å². The molecule has 4 rings (SSSR count). The average molecular weight is 448 g/mol. The highest BCUT2D eigenvalue weighted by molar-refractivity contribution is 5.87. The fourth-order valence-corrected chi connectivity index (χ4v) is 4.53. The van der Waals surface area contributed by atoms with Crippen molar-refractivity contribution in [3.05, 3.63) is 107 Å². The molecule has 0 radical (unpaired) electrons. The van der Waals surface area contributed by atoms with Crippen molar-refractivity contribution in [2.24, 2.45) is 5.92 Å². The number of hydrogen-bond acceptors (Lipinski definition) is 3. The summed E-state index contributed by atoms with van der Waals surface area (Å²) in [7, 11) is 0. The summed E-state index contributed by atoms with van der Waals surface area (Å²) in [5.41, 5.74) is 2.19. The second-order valence-corrected chi connectivity index (χ2v) is 8.71. The number of allylic oxidation sites excluding steroid dienone is 1. The lowest BCUT2D eigenvalue weighted by atomic mass is 9.85. The normalized spacial score (nSPS) is 17.6. The van der Waals surface area contributed by atoms with Gasteiger partial charge in [0.1, 0.15) is 11.6 Å². The van der Waals surface area contributed by atoms with E-state index in [0.29, 0.717) is 6.42 Å². The minimum Gasteiger partial charge on any atom is -0.350 e. The Balaban J connectivity index is 1.38. The molecule has 1 aliphatic rings. The van der Waals surface area contributed by atoms with Crippen LogP contribution in [-0.2, 0) is 16.6 Å². The number of benzene rings is 2. The van der Waals surface area contributed by atoms with Crippen LogP contribution >= 0.6 is 0 Å². The van der Waals surface area contributed by atoms with Crippen molar-refractivity contribution in [1.82, 2.24) is 15.5 Å². The van der Waals surface area contributed by atoms with Crippen LogP contribution in [0.3, 0.4) is 0 Å². The molecule has 170 valence electrons. The van der Waals surface area contributed by atoms with Gasteiger partial charge in [-0.2, -0.15) is 10.2 Å². The van der Waals surface area contributed by atoms with Crippen molar-refractivity contribution in [2.45, 2.75) is 44.1 Å². The number of carbonyl (C=O) groups excluding carboxylic acids is 1. The molecule has 1 aliphatic carbocycles. The summed E-state index contributed by atoms with van der Waals surface area (Å²) in [5.74, 6) is -0.826. The fraction of sp³-hybridized carbons (Fsp3) is 0.296. The van der Waals surface area contributed by atoms with Gasteiger partial charge in [-0.3, -0.25) is 4.79 Å². The van der Waals surface area contributed by atoms with Gasteiger partial charge in [0, 0.05) is 17.7 Å². The molecule has 1 fully saturated rings. The van der Waals surface area contributed by atoms with Gasteiger partial charge in [0.05, 0.1) is 6.20 Å². The molecule has 4 nitrogen and oxygen atoms in total. The molecular formula is C27H27F2N3O. The smallest absolute Gasteiger partial charge is 0.243 e. The van der Waals surface area contributed by atoms with Gasteiger partial charge in [0.25, 0.3) is 0 Å². The molecule has 1 N–H and O–H groups in total. The Kier molecular flexibility index (Phi) is 6.92. The molecular weight excluding hydrogens is 420 g/mol. The first-order chi connectivity index (χ1) is 16.0. The van der Waals surface area contributed by atoms with Crippen molar-refractivity contribution in [3.8, 4) is 0 Å². The highest BCUT2D eigenvalue weighted by Gasteiger charge is 2.55. The molecule has 2 aromatic carbocycles. The van der Waals surface area contributed by atoms with E-state index in [2.05, 4.69) is 15.5 Å². The van der Waals surface area contributed by atoms with E-state index in [0.717, 1.165) is 36.0 Å². The number of carbonyl (C=O) groups is 1. The van der Waals surface area contributed by atoms with Crippen molar-refractivity contribution < 1.29 is 13.6 Å². The highest BCUT2D eigenvalue weighted by Crippen LogP contribution is 2.59. The van der Waals surface area contributed by atoms with Crippen LogP contribution in [0.1, 0.15) is 42.9 Å². The number of amides is 1. The summed E-state index contributed by atoms with van der Waals surface area (Å²) < 4.78 is 27.9. The number of aromatic nitrogens is 2. The maximum atomic E-state index is 14.0. The Bertz CT molecular complexity index is 1090. The van der Waals surface area contributed by atoms with Crippen LogP contribution < -0.4 is 5.32 Å². The number of halogens is 2. The van der Waals surface area contributed by atoms with Crippen LogP contribution in [0.2, 0.25) is 0 Å². The fourth-order valence-electron chi connectivity index (χ4n) is 4.53. The quantitative estimate of drug-likeness (QED) is 0.462. The molecule has 6 heteroatoms. The van der Waals surface area contributed by atoms with E-state index in [1.165, 1.54) is 24.3 Å². The van der Waals surface area contributed by atoms with Crippen molar-refractivity contribution in [3.63, 3.8) is 0 Å². The third-order valence-corrected chi connectivity index (χ3v) is 6.31. The van der Waals surface area contributed by atoms with Crippen LogP contribution in [0.4, 0.5) is 8.78 Å². The molecule has 1 aromatic heterocycles. The molecule has 0 aliphatic heterocycles. The Morgan fingerprint density at radius 2 is 1.82 bits per heavy atom. The van der Waals surface area contributed by atoms with Gasteiger partial charge >= 0.3 is 0 Å². The van der Waals surface area contributed by atoms with Gasteiger partial charge in [-0.15, -0.1) is 0 Å².